The molecule has 1 aliphatic carbocycles. The van der Waals surface area contributed by atoms with Gasteiger partial charge in [-0.15, -0.1) is 0 Å². The van der Waals surface area contributed by atoms with Gasteiger partial charge in [0.1, 0.15) is 5.75 Å². The Labute approximate surface area is 198 Å². The predicted molar refractivity (Wildman–Crippen MR) is 136 cm³/mol. The number of fused-ring (bicyclic) bond motifs is 1. The number of aromatic nitrogens is 1. The quantitative estimate of drug-likeness (QED) is 0.445. The van der Waals surface area contributed by atoms with E-state index in [2.05, 4.69) is 16.7 Å². The summed E-state index contributed by atoms with van der Waals surface area (Å²) in [5.74, 6) is 1.15. The largest absolute Gasteiger partial charge is 0.494 e. The van der Waals surface area contributed by atoms with E-state index in [0.717, 1.165) is 56.5 Å². The molecule has 0 unspecified atom stereocenters. The summed E-state index contributed by atoms with van der Waals surface area (Å²) in [4.78, 5) is 11.3. The van der Waals surface area contributed by atoms with Crippen LogP contribution in [0.3, 0.4) is 0 Å². The second-order valence-electron chi connectivity index (χ2n) is 8.55. The molecule has 0 atom stereocenters. The van der Waals surface area contributed by atoms with Gasteiger partial charge in [-0.1, -0.05) is 48.8 Å². The molecule has 5 nitrogen and oxygen atoms in total. The summed E-state index contributed by atoms with van der Waals surface area (Å²) in [5, 5.41) is 11.4. The first-order chi connectivity index (χ1) is 16.1. The minimum absolute atomic E-state index is 0.272. The zero-order valence-electron chi connectivity index (χ0n) is 19.1. The van der Waals surface area contributed by atoms with Gasteiger partial charge in [0.05, 0.1) is 22.9 Å². The molecule has 6 heteroatoms. The van der Waals surface area contributed by atoms with Crippen molar-refractivity contribution < 1.29 is 9.84 Å². The number of benzene rings is 2. The lowest BCUT2D eigenvalue weighted by Gasteiger charge is -2.23. The minimum Gasteiger partial charge on any atom is -0.494 e. The lowest BCUT2D eigenvalue weighted by atomic mass is 9.95. The van der Waals surface area contributed by atoms with Crippen molar-refractivity contribution in [3.05, 3.63) is 63.8 Å². The van der Waals surface area contributed by atoms with Gasteiger partial charge < -0.3 is 9.84 Å². The number of aliphatic imine (C=N–C) groups is 1. The van der Waals surface area contributed by atoms with Crippen molar-refractivity contribution >= 4 is 40.1 Å². The van der Waals surface area contributed by atoms with Gasteiger partial charge in [-0.3, -0.25) is 9.56 Å². The first-order valence-corrected chi connectivity index (χ1v) is 12.5. The van der Waals surface area contributed by atoms with Gasteiger partial charge >= 0.3 is 0 Å². The third-order valence-corrected chi connectivity index (χ3v) is 7.31. The standard InChI is InChI=1S/C27H29N3O2S/c1-3-32-21-15-13-19(14-16-21)29-27-30(20-9-5-4-6-10-20)26(31)25(33-27)17-23-18(2)28-24-12-8-7-11-22(23)24/h7-8,11-17,20,31H,3-6,9-10H2,1-2H3. The van der Waals surface area contributed by atoms with Crippen molar-refractivity contribution in [2.75, 3.05) is 6.61 Å². The van der Waals surface area contributed by atoms with Gasteiger partial charge in [0.2, 0.25) is 5.88 Å². The predicted octanol–water partition coefficient (Wildman–Crippen LogP) is 7.04. The zero-order chi connectivity index (χ0) is 22.8. The van der Waals surface area contributed by atoms with E-state index < -0.39 is 0 Å². The van der Waals surface area contributed by atoms with Gasteiger partial charge in [0, 0.05) is 22.9 Å². The van der Waals surface area contributed by atoms with Crippen LogP contribution in [0.5, 0.6) is 11.6 Å². The number of rotatable bonds is 5. The average Bonchev–Trinajstić information content (AvgIpc) is 3.32. The third-order valence-electron chi connectivity index (χ3n) is 6.32. The van der Waals surface area contributed by atoms with E-state index in [0.29, 0.717) is 12.5 Å². The molecule has 1 aliphatic heterocycles. The minimum atomic E-state index is 0.272. The molecule has 0 spiro atoms. The fourth-order valence-electron chi connectivity index (χ4n) is 4.68. The summed E-state index contributed by atoms with van der Waals surface area (Å²) < 4.78 is 7.62. The van der Waals surface area contributed by atoms with E-state index in [-0.39, 0.29) is 6.04 Å². The molecular weight excluding hydrogens is 430 g/mol. The Morgan fingerprint density at radius 1 is 1.12 bits per heavy atom. The van der Waals surface area contributed by atoms with Crippen LogP contribution in [0, 0.1) is 0 Å². The van der Waals surface area contributed by atoms with Crippen molar-refractivity contribution in [2.45, 2.75) is 52.0 Å². The summed E-state index contributed by atoms with van der Waals surface area (Å²) in [6.07, 6.45) is 7.84. The van der Waals surface area contributed by atoms with Crippen LogP contribution in [0.25, 0.3) is 11.6 Å². The highest BCUT2D eigenvalue weighted by molar-refractivity contribution is 7.10. The molecule has 2 aliphatic rings. The van der Waals surface area contributed by atoms with Crippen molar-refractivity contribution in [2.24, 2.45) is 9.98 Å². The highest BCUT2D eigenvalue weighted by atomic mass is 32.1. The molecule has 0 saturated heterocycles. The van der Waals surface area contributed by atoms with Crippen LogP contribution >= 0.6 is 11.3 Å². The van der Waals surface area contributed by atoms with E-state index in [1.165, 1.54) is 30.6 Å². The first kappa shape index (κ1) is 21.7. The highest BCUT2D eigenvalue weighted by Crippen LogP contribution is 2.39. The van der Waals surface area contributed by atoms with Crippen molar-refractivity contribution in [3.8, 4) is 11.6 Å². The van der Waals surface area contributed by atoms with E-state index in [9.17, 15) is 5.11 Å². The molecule has 5 rings (SSSR count). The normalized spacial score (nSPS) is 17.9. The first-order valence-electron chi connectivity index (χ1n) is 11.7. The molecule has 1 aromatic heterocycles. The number of thiazole rings is 1. The maximum Gasteiger partial charge on any atom is 0.211 e. The van der Waals surface area contributed by atoms with Crippen LogP contribution in [0.15, 0.2) is 58.5 Å². The number of hydrogen-bond acceptors (Lipinski definition) is 5. The van der Waals surface area contributed by atoms with Crippen LogP contribution in [-0.4, -0.2) is 22.0 Å². The maximum absolute atomic E-state index is 11.4. The number of allylic oxidation sites excluding steroid dienone is 1. The number of ether oxygens (including phenoxy) is 1. The van der Waals surface area contributed by atoms with E-state index in [4.69, 9.17) is 14.7 Å². The topological polar surface area (TPSA) is 59.1 Å². The number of aromatic hydroxyl groups is 1. The summed E-state index contributed by atoms with van der Waals surface area (Å²) in [7, 11) is 0. The number of para-hydroxylation sites is 1. The summed E-state index contributed by atoms with van der Waals surface area (Å²) in [5.41, 5.74) is 4.98. The van der Waals surface area contributed by atoms with E-state index in [1.54, 1.807) is 0 Å². The van der Waals surface area contributed by atoms with Crippen molar-refractivity contribution in [1.29, 1.82) is 0 Å². The van der Waals surface area contributed by atoms with Gasteiger partial charge in [0.25, 0.3) is 0 Å². The molecule has 1 fully saturated rings. The zero-order valence-corrected chi connectivity index (χ0v) is 19.9. The Morgan fingerprint density at radius 2 is 1.88 bits per heavy atom. The maximum atomic E-state index is 11.4. The van der Waals surface area contributed by atoms with Crippen LogP contribution in [0.1, 0.15) is 62.4 Å². The van der Waals surface area contributed by atoms with Crippen LogP contribution in [-0.2, 0) is 0 Å². The monoisotopic (exact) mass is 459 g/mol. The molecular formula is C27H29N3O2S. The molecule has 2 heterocycles. The van der Waals surface area contributed by atoms with Gasteiger partial charge in [-0.25, -0.2) is 4.99 Å². The van der Waals surface area contributed by atoms with E-state index >= 15 is 0 Å². The van der Waals surface area contributed by atoms with Gasteiger partial charge in [-0.2, -0.15) is 0 Å². The lowest BCUT2D eigenvalue weighted by Crippen LogP contribution is -2.22. The molecule has 0 amide bonds. The Morgan fingerprint density at radius 3 is 2.64 bits per heavy atom. The van der Waals surface area contributed by atoms with Crippen molar-refractivity contribution in [3.63, 3.8) is 0 Å². The van der Waals surface area contributed by atoms with Gasteiger partial charge in [-0.05, 0) is 63.1 Å². The molecule has 170 valence electrons. The number of hydrogen-bond donors (Lipinski definition) is 1. The Balaban J connectivity index is 1.60. The van der Waals surface area contributed by atoms with Crippen LogP contribution in [0.2, 0.25) is 0 Å². The molecule has 33 heavy (non-hydrogen) atoms. The molecule has 0 radical (unpaired) electrons. The summed E-state index contributed by atoms with van der Waals surface area (Å²) in [6.45, 7) is 4.64. The molecule has 3 aromatic rings. The van der Waals surface area contributed by atoms with Crippen molar-refractivity contribution in [1.82, 2.24) is 4.57 Å². The molecule has 1 saturated carbocycles. The smallest absolute Gasteiger partial charge is 0.211 e. The second-order valence-corrected chi connectivity index (χ2v) is 9.55. The highest BCUT2D eigenvalue weighted by Gasteiger charge is 2.24. The lowest BCUT2D eigenvalue weighted by molar-refractivity contribution is 0.307. The Kier molecular flexibility index (Phi) is 6.18. The second kappa shape index (κ2) is 9.40. The molecule has 2 aromatic carbocycles. The summed E-state index contributed by atoms with van der Waals surface area (Å²) >= 11 is 1.54. The van der Waals surface area contributed by atoms with Crippen LogP contribution < -0.4 is 9.54 Å². The van der Waals surface area contributed by atoms with E-state index in [1.807, 2.05) is 56.3 Å². The fourth-order valence-corrected chi connectivity index (χ4v) is 5.73. The SMILES string of the molecule is CCOc1ccc(N=c2sc(C=C3C(C)=Nc4ccccc43)c(O)n2C2CCCCC2)cc1. The fraction of sp³-hybridized carbons (Fsp3) is 0.333. The average molecular weight is 460 g/mol. The van der Waals surface area contributed by atoms with Crippen LogP contribution in [0.4, 0.5) is 11.4 Å². The Hall–Kier alpha value is -3.12. The Bertz CT molecular complexity index is 1280. The summed E-state index contributed by atoms with van der Waals surface area (Å²) in [6, 6.07) is 16.3. The third kappa shape index (κ3) is 4.40. The molecule has 0 bridgehead atoms. The van der Waals surface area contributed by atoms with Gasteiger partial charge in [0.15, 0.2) is 4.80 Å². The number of nitrogens with zero attached hydrogens (tertiary/aromatic N) is 3. The molecule has 1 N–H and O–H groups in total.